The molecule has 0 radical (unpaired) electrons. The second-order valence-electron chi connectivity index (χ2n) is 11.4. The van der Waals surface area contributed by atoms with Crippen molar-refractivity contribution in [2.45, 2.75) is 89.7 Å². The van der Waals surface area contributed by atoms with E-state index in [1.54, 1.807) is 53.4 Å². The van der Waals surface area contributed by atoms with Crippen LogP contribution in [-0.2, 0) is 39.4 Å². The van der Waals surface area contributed by atoms with E-state index in [1.165, 1.54) is 0 Å². The van der Waals surface area contributed by atoms with Crippen molar-refractivity contribution in [1.29, 1.82) is 0 Å². The first-order chi connectivity index (χ1) is 17.2. The second-order valence-corrected chi connectivity index (χ2v) is 11.4. The fourth-order valence-electron chi connectivity index (χ4n) is 5.56. The molecule has 204 valence electrons. The van der Waals surface area contributed by atoms with Gasteiger partial charge in [0.1, 0.15) is 11.1 Å². The zero-order chi connectivity index (χ0) is 27.6. The van der Waals surface area contributed by atoms with Gasteiger partial charge in [-0.1, -0.05) is 24.3 Å². The molecule has 1 spiro atoms. The summed E-state index contributed by atoms with van der Waals surface area (Å²) in [5.41, 5.74) is -2.32. The number of esters is 2. The van der Waals surface area contributed by atoms with E-state index in [1.807, 2.05) is 24.3 Å². The van der Waals surface area contributed by atoms with Crippen molar-refractivity contribution in [2.24, 2.45) is 0 Å². The molecule has 1 aromatic carbocycles. The average Bonchev–Trinajstić information content (AvgIpc) is 3.09. The minimum Gasteiger partial charge on any atom is -0.465 e. The fourth-order valence-corrected chi connectivity index (χ4v) is 5.56. The molecule has 0 unspecified atom stereocenters. The molecule has 0 bridgehead atoms. The number of alkyl carbamates (subject to hydrolysis) is 1. The molecule has 37 heavy (non-hydrogen) atoms. The van der Waals surface area contributed by atoms with Crippen molar-refractivity contribution < 1.29 is 33.4 Å². The highest BCUT2D eigenvalue weighted by atomic mass is 16.6. The van der Waals surface area contributed by atoms with E-state index < -0.39 is 40.0 Å². The molecule has 2 amide bonds. The summed E-state index contributed by atoms with van der Waals surface area (Å²) >= 11 is 0. The lowest BCUT2D eigenvalue weighted by molar-refractivity contribution is -0.166. The van der Waals surface area contributed by atoms with Gasteiger partial charge in [-0.05, 0) is 78.9 Å². The summed E-state index contributed by atoms with van der Waals surface area (Å²) in [7, 11) is 0. The number of carbonyl (C=O) groups excluding carboxylic acids is 4. The highest BCUT2D eigenvalue weighted by Gasteiger charge is 2.62. The van der Waals surface area contributed by atoms with Crippen LogP contribution >= 0.6 is 0 Å². The molecule has 2 aliphatic rings. The van der Waals surface area contributed by atoms with E-state index in [9.17, 15) is 19.2 Å². The summed E-state index contributed by atoms with van der Waals surface area (Å²) < 4.78 is 16.1. The van der Waals surface area contributed by atoms with Gasteiger partial charge >= 0.3 is 18.0 Å². The molecule has 0 aromatic heterocycles. The predicted octanol–water partition coefficient (Wildman–Crippen LogP) is 3.62. The molecule has 1 saturated heterocycles. The molecule has 9 nitrogen and oxygen atoms in total. The van der Waals surface area contributed by atoms with Crippen molar-refractivity contribution in [3.63, 3.8) is 0 Å². The number of nitrogens with zero attached hydrogens (tertiary/aromatic N) is 1. The molecular formula is C28H40N2O7. The minimum atomic E-state index is -1.54. The molecule has 1 aliphatic carbocycles. The van der Waals surface area contributed by atoms with Crippen LogP contribution in [0.25, 0.3) is 0 Å². The van der Waals surface area contributed by atoms with Gasteiger partial charge in [0.2, 0.25) is 5.91 Å². The number of likely N-dealkylation sites (tertiary alicyclic amines) is 1. The van der Waals surface area contributed by atoms with Gasteiger partial charge in [-0.25, -0.2) is 4.79 Å². The maximum atomic E-state index is 13.4. The molecule has 1 fully saturated rings. The summed E-state index contributed by atoms with van der Waals surface area (Å²) in [6.07, 6.45) is 0.689. The highest BCUT2D eigenvalue weighted by molar-refractivity contribution is 6.08. The first-order valence-corrected chi connectivity index (χ1v) is 13.0. The van der Waals surface area contributed by atoms with E-state index >= 15 is 0 Å². The molecular weight excluding hydrogens is 476 g/mol. The number of nitrogens with one attached hydrogen (secondary N) is 1. The number of hydrogen-bond acceptors (Lipinski definition) is 7. The summed E-state index contributed by atoms with van der Waals surface area (Å²) in [4.78, 5) is 54.1. The van der Waals surface area contributed by atoms with Crippen molar-refractivity contribution >= 4 is 23.9 Å². The lowest BCUT2D eigenvalue weighted by Crippen LogP contribution is -2.59. The molecule has 1 aromatic rings. The Bertz CT molecular complexity index is 1030. The minimum absolute atomic E-state index is 0.150. The summed E-state index contributed by atoms with van der Waals surface area (Å²) in [6.45, 7) is 13.1. The van der Waals surface area contributed by atoms with Gasteiger partial charge in [-0.2, -0.15) is 0 Å². The maximum absolute atomic E-state index is 13.4. The summed E-state index contributed by atoms with van der Waals surface area (Å²) in [5, 5.41) is 2.68. The smallest absolute Gasteiger partial charge is 0.408 e. The SMILES string of the molecule is CCOC(=O)C1(C(=O)OCC)CC2(CCN(C(=O)C(C)(C)NC(=O)OC(C)(C)C)CC2)c2ccccc21. The van der Waals surface area contributed by atoms with E-state index in [2.05, 4.69) is 5.32 Å². The number of fused-ring (bicyclic) bond motifs is 2. The number of piperidine rings is 1. The number of hydrogen-bond donors (Lipinski definition) is 1. The number of rotatable bonds is 6. The van der Waals surface area contributed by atoms with Gasteiger partial charge in [0, 0.05) is 18.5 Å². The van der Waals surface area contributed by atoms with E-state index in [4.69, 9.17) is 14.2 Å². The number of amides is 2. The van der Waals surface area contributed by atoms with Crippen LogP contribution in [0, 0.1) is 0 Å². The molecule has 1 aliphatic heterocycles. The van der Waals surface area contributed by atoms with Crippen molar-refractivity contribution in [1.82, 2.24) is 10.2 Å². The Hall–Kier alpha value is -3.10. The van der Waals surface area contributed by atoms with E-state index in [0.717, 1.165) is 5.56 Å². The first kappa shape index (κ1) is 28.5. The molecule has 9 heteroatoms. The van der Waals surface area contributed by atoms with Crippen LogP contribution in [0.1, 0.15) is 78.9 Å². The van der Waals surface area contributed by atoms with Gasteiger partial charge in [0.25, 0.3) is 0 Å². The highest BCUT2D eigenvalue weighted by Crippen LogP contribution is 2.55. The van der Waals surface area contributed by atoms with Gasteiger partial charge in [-0.15, -0.1) is 0 Å². The lowest BCUT2D eigenvalue weighted by Gasteiger charge is -2.43. The van der Waals surface area contributed by atoms with Crippen molar-refractivity contribution in [3.8, 4) is 0 Å². The van der Waals surface area contributed by atoms with Gasteiger partial charge in [0.05, 0.1) is 13.2 Å². The Morgan fingerprint density at radius 3 is 1.89 bits per heavy atom. The van der Waals surface area contributed by atoms with Crippen molar-refractivity contribution in [3.05, 3.63) is 35.4 Å². The van der Waals surface area contributed by atoms with Crippen LogP contribution < -0.4 is 5.32 Å². The first-order valence-electron chi connectivity index (χ1n) is 13.0. The average molecular weight is 517 g/mol. The topological polar surface area (TPSA) is 111 Å². The Morgan fingerprint density at radius 2 is 1.41 bits per heavy atom. The van der Waals surface area contributed by atoms with Crippen LogP contribution in [0.2, 0.25) is 0 Å². The summed E-state index contributed by atoms with van der Waals surface area (Å²) in [5.74, 6) is -1.42. The molecule has 3 rings (SSSR count). The molecule has 1 heterocycles. The Morgan fingerprint density at radius 1 is 0.892 bits per heavy atom. The van der Waals surface area contributed by atoms with Gasteiger partial charge in [-0.3, -0.25) is 14.4 Å². The van der Waals surface area contributed by atoms with Crippen LogP contribution in [0.3, 0.4) is 0 Å². The van der Waals surface area contributed by atoms with Crippen molar-refractivity contribution in [2.75, 3.05) is 26.3 Å². The fraction of sp³-hybridized carbons (Fsp3) is 0.643. The Labute approximate surface area is 219 Å². The number of ether oxygens (including phenoxy) is 3. The molecule has 1 N–H and O–H groups in total. The van der Waals surface area contributed by atoms with Crippen LogP contribution in [-0.4, -0.2) is 66.3 Å². The Kier molecular flexibility index (Phi) is 7.96. The normalized spacial score (nSPS) is 18.1. The van der Waals surface area contributed by atoms with Gasteiger partial charge < -0.3 is 24.4 Å². The largest absolute Gasteiger partial charge is 0.465 e. The lowest BCUT2D eigenvalue weighted by atomic mass is 9.70. The number of carbonyl (C=O) groups is 4. The van der Waals surface area contributed by atoms with Crippen LogP contribution in [0.15, 0.2) is 24.3 Å². The van der Waals surface area contributed by atoms with E-state index in [-0.39, 0.29) is 25.5 Å². The third kappa shape index (κ3) is 5.45. The number of benzene rings is 1. The van der Waals surface area contributed by atoms with E-state index in [0.29, 0.717) is 31.5 Å². The zero-order valence-electron chi connectivity index (χ0n) is 23.1. The van der Waals surface area contributed by atoms with Gasteiger partial charge in [0.15, 0.2) is 5.41 Å². The standard InChI is InChI=1S/C28H40N2O7/c1-8-35-22(32)28(23(33)36-9-2)18-27(19-12-10-11-13-20(19)28)14-16-30(17-15-27)21(31)26(6,7)29-24(34)37-25(3,4)5/h10-13H,8-9,14-18H2,1-7H3,(H,29,34). The third-order valence-corrected chi connectivity index (χ3v) is 7.17. The predicted molar refractivity (Wildman–Crippen MR) is 137 cm³/mol. The Balaban J connectivity index is 1.85. The second kappa shape index (κ2) is 10.3. The van der Waals surface area contributed by atoms with Crippen LogP contribution in [0.4, 0.5) is 4.79 Å². The van der Waals surface area contributed by atoms with Crippen LogP contribution in [0.5, 0.6) is 0 Å². The zero-order valence-corrected chi connectivity index (χ0v) is 23.1. The summed E-state index contributed by atoms with van der Waals surface area (Å²) in [6, 6.07) is 7.48. The quantitative estimate of drug-likeness (QED) is 0.349. The molecule has 0 atom stereocenters. The third-order valence-electron chi connectivity index (χ3n) is 7.17. The molecule has 0 saturated carbocycles. The maximum Gasteiger partial charge on any atom is 0.408 e. The monoisotopic (exact) mass is 516 g/mol.